The van der Waals surface area contributed by atoms with Gasteiger partial charge in [0.25, 0.3) is 0 Å². The number of amides is 1. The molecule has 0 N–H and O–H groups in total. The fraction of sp³-hybridized carbons (Fsp3) is 0.476. The number of ether oxygens (including phenoxy) is 1. The molecule has 1 saturated heterocycles. The fourth-order valence-corrected chi connectivity index (χ4v) is 3.36. The molecule has 3 rings (SSSR count). The Labute approximate surface area is 155 Å². The maximum Gasteiger partial charge on any atom is 0.227 e. The molecule has 1 aromatic heterocycles. The van der Waals surface area contributed by atoms with Crippen LogP contribution < -0.4 is 4.74 Å². The van der Waals surface area contributed by atoms with Gasteiger partial charge in [-0.1, -0.05) is 20.8 Å². The molecule has 1 atom stereocenters. The summed E-state index contributed by atoms with van der Waals surface area (Å²) in [4.78, 5) is 23.8. The van der Waals surface area contributed by atoms with Crippen molar-refractivity contribution in [3.05, 3.63) is 42.2 Å². The van der Waals surface area contributed by atoms with E-state index in [9.17, 15) is 4.79 Å². The third-order valence-electron chi connectivity index (χ3n) is 4.79. The number of nitrogens with zero attached hydrogens (tertiary/aromatic N) is 3. The number of carbonyl (C=O) groups is 1. The van der Waals surface area contributed by atoms with Crippen molar-refractivity contribution in [1.29, 1.82) is 0 Å². The van der Waals surface area contributed by atoms with E-state index in [1.165, 1.54) is 0 Å². The third-order valence-corrected chi connectivity index (χ3v) is 4.79. The van der Waals surface area contributed by atoms with E-state index >= 15 is 0 Å². The van der Waals surface area contributed by atoms with E-state index in [1.54, 1.807) is 7.11 Å². The molecule has 0 unspecified atom stereocenters. The first kappa shape index (κ1) is 18.4. The first-order chi connectivity index (χ1) is 12.4. The number of rotatable bonds is 3. The molecule has 1 aliphatic rings. The summed E-state index contributed by atoms with van der Waals surface area (Å²) in [5, 5.41) is 0. The summed E-state index contributed by atoms with van der Waals surface area (Å²) in [5.41, 5.74) is 1.63. The first-order valence-electron chi connectivity index (χ1n) is 9.15. The normalized spacial score (nSPS) is 17.8. The van der Waals surface area contributed by atoms with Crippen molar-refractivity contribution in [3.8, 4) is 17.1 Å². The van der Waals surface area contributed by atoms with Crippen molar-refractivity contribution in [2.45, 2.75) is 39.5 Å². The van der Waals surface area contributed by atoms with E-state index in [2.05, 4.69) is 4.98 Å². The molecule has 0 bridgehead atoms. The lowest BCUT2D eigenvalue weighted by molar-refractivity contribution is -0.140. The van der Waals surface area contributed by atoms with Crippen LogP contribution in [0.15, 0.2) is 36.5 Å². The molecule has 0 aliphatic carbocycles. The molecule has 0 spiro atoms. The molecule has 138 valence electrons. The van der Waals surface area contributed by atoms with Gasteiger partial charge in [-0.05, 0) is 43.2 Å². The lowest BCUT2D eigenvalue weighted by Gasteiger charge is -2.36. The maximum absolute atomic E-state index is 12.6. The van der Waals surface area contributed by atoms with Gasteiger partial charge in [-0.3, -0.25) is 4.79 Å². The van der Waals surface area contributed by atoms with Crippen molar-refractivity contribution in [1.82, 2.24) is 14.9 Å². The third kappa shape index (κ3) is 4.03. The van der Waals surface area contributed by atoms with Gasteiger partial charge in [0.05, 0.1) is 7.11 Å². The Bertz CT molecular complexity index is 766. The molecule has 2 aromatic rings. The first-order valence-corrected chi connectivity index (χ1v) is 9.15. The second-order valence-electron chi connectivity index (χ2n) is 7.87. The van der Waals surface area contributed by atoms with Crippen LogP contribution in [0.4, 0.5) is 0 Å². The number of hydrogen-bond donors (Lipinski definition) is 0. The number of carbonyl (C=O) groups excluding carboxylic acids is 1. The molecule has 5 heteroatoms. The molecular weight excluding hydrogens is 326 g/mol. The number of likely N-dealkylation sites (tertiary alicyclic amines) is 1. The number of aromatic nitrogens is 2. The Morgan fingerprint density at radius 1 is 1.19 bits per heavy atom. The molecular formula is C21H27N3O2. The van der Waals surface area contributed by atoms with E-state index in [-0.39, 0.29) is 17.2 Å². The highest BCUT2D eigenvalue weighted by Gasteiger charge is 2.32. The Kier molecular flexibility index (Phi) is 5.25. The van der Waals surface area contributed by atoms with Crippen molar-refractivity contribution < 1.29 is 9.53 Å². The van der Waals surface area contributed by atoms with Crippen LogP contribution in [0.25, 0.3) is 11.4 Å². The standard InChI is InChI=1S/C21H27N3O2/c1-21(2,3)20(25)24-13-5-6-16(14-24)18-11-12-22-19(23-18)15-7-9-17(26-4)10-8-15/h7-12,16H,5-6,13-14H2,1-4H3/t16-/m0/s1. The summed E-state index contributed by atoms with van der Waals surface area (Å²) in [6, 6.07) is 9.73. The monoisotopic (exact) mass is 353 g/mol. The van der Waals surface area contributed by atoms with Gasteiger partial charge < -0.3 is 9.64 Å². The summed E-state index contributed by atoms with van der Waals surface area (Å²) >= 11 is 0. The van der Waals surface area contributed by atoms with Crippen LogP contribution in [0.2, 0.25) is 0 Å². The second-order valence-corrected chi connectivity index (χ2v) is 7.87. The van der Waals surface area contributed by atoms with E-state index in [0.717, 1.165) is 42.9 Å². The van der Waals surface area contributed by atoms with Crippen LogP contribution in [0.1, 0.15) is 45.2 Å². The summed E-state index contributed by atoms with van der Waals surface area (Å²) in [5.74, 6) is 2.00. The van der Waals surface area contributed by atoms with Gasteiger partial charge in [-0.25, -0.2) is 9.97 Å². The summed E-state index contributed by atoms with van der Waals surface area (Å²) in [7, 11) is 1.65. The zero-order valence-corrected chi connectivity index (χ0v) is 16.0. The Morgan fingerprint density at radius 2 is 1.92 bits per heavy atom. The summed E-state index contributed by atoms with van der Waals surface area (Å²) < 4.78 is 5.21. The zero-order valence-electron chi connectivity index (χ0n) is 16.0. The van der Waals surface area contributed by atoms with Gasteiger partial charge in [0.2, 0.25) is 5.91 Å². The van der Waals surface area contributed by atoms with Crippen LogP contribution in [0, 0.1) is 5.41 Å². The van der Waals surface area contributed by atoms with Crippen molar-refractivity contribution >= 4 is 5.91 Å². The van der Waals surface area contributed by atoms with Crippen LogP contribution in [-0.4, -0.2) is 41.0 Å². The minimum Gasteiger partial charge on any atom is -0.497 e. The van der Waals surface area contributed by atoms with Gasteiger partial charge in [0.15, 0.2) is 5.82 Å². The fourth-order valence-electron chi connectivity index (χ4n) is 3.36. The predicted molar refractivity (Wildman–Crippen MR) is 102 cm³/mol. The Morgan fingerprint density at radius 3 is 2.58 bits per heavy atom. The molecule has 1 aromatic carbocycles. The van der Waals surface area contributed by atoms with Crippen LogP contribution in [0.3, 0.4) is 0 Å². The average Bonchev–Trinajstić information content (AvgIpc) is 2.67. The molecule has 2 heterocycles. The van der Waals surface area contributed by atoms with Gasteiger partial charge in [-0.15, -0.1) is 0 Å². The summed E-state index contributed by atoms with van der Waals surface area (Å²) in [6.45, 7) is 7.50. The van der Waals surface area contributed by atoms with Crippen LogP contribution in [0.5, 0.6) is 5.75 Å². The minimum atomic E-state index is -0.345. The van der Waals surface area contributed by atoms with Gasteiger partial charge >= 0.3 is 0 Å². The second kappa shape index (κ2) is 7.44. The Hall–Kier alpha value is -2.43. The van der Waals surface area contributed by atoms with Crippen molar-refractivity contribution in [3.63, 3.8) is 0 Å². The lowest BCUT2D eigenvalue weighted by Crippen LogP contribution is -2.44. The molecule has 1 aliphatic heterocycles. The van der Waals surface area contributed by atoms with E-state index < -0.39 is 0 Å². The number of piperidine rings is 1. The topological polar surface area (TPSA) is 55.3 Å². The van der Waals surface area contributed by atoms with Crippen molar-refractivity contribution in [2.75, 3.05) is 20.2 Å². The highest BCUT2D eigenvalue weighted by molar-refractivity contribution is 5.81. The van der Waals surface area contributed by atoms with Gasteiger partial charge in [0, 0.05) is 41.9 Å². The molecule has 26 heavy (non-hydrogen) atoms. The molecule has 1 fully saturated rings. The Balaban J connectivity index is 1.80. The molecule has 1 amide bonds. The van der Waals surface area contributed by atoms with Gasteiger partial charge in [-0.2, -0.15) is 0 Å². The van der Waals surface area contributed by atoms with Crippen LogP contribution >= 0.6 is 0 Å². The predicted octanol–water partition coefficient (Wildman–Crippen LogP) is 3.90. The van der Waals surface area contributed by atoms with Crippen molar-refractivity contribution in [2.24, 2.45) is 5.41 Å². The molecule has 0 saturated carbocycles. The SMILES string of the molecule is COc1ccc(-c2nccc([C@H]3CCCN(C(=O)C(C)(C)C)C3)n2)cc1. The average molecular weight is 353 g/mol. The quantitative estimate of drug-likeness (QED) is 0.840. The van der Waals surface area contributed by atoms with E-state index in [1.807, 2.05) is 62.2 Å². The maximum atomic E-state index is 12.6. The lowest BCUT2D eigenvalue weighted by atomic mass is 9.90. The van der Waals surface area contributed by atoms with Gasteiger partial charge in [0.1, 0.15) is 5.75 Å². The van der Waals surface area contributed by atoms with Crippen LogP contribution in [-0.2, 0) is 4.79 Å². The van der Waals surface area contributed by atoms with E-state index in [0.29, 0.717) is 5.82 Å². The largest absolute Gasteiger partial charge is 0.497 e. The summed E-state index contributed by atoms with van der Waals surface area (Å²) in [6.07, 6.45) is 3.87. The number of methoxy groups -OCH3 is 1. The molecule has 0 radical (unpaired) electrons. The zero-order chi connectivity index (χ0) is 18.7. The smallest absolute Gasteiger partial charge is 0.227 e. The number of hydrogen-bond acceptors (Lipinski definition) is 4. The number of benzene rings is 1. The highest BCUT2D eigenvalue weighted by Crippen LogP contribution is 2.29. The van der Waals surface area contributed by atoms with E-state index in [4.69, 9.17) is 9.72 Å². The molecule has 5 nitrogen and oxygen atoms in total. The highest BCUT2D eigenvalue weighted by atomic mass is 16.5. The minimum absolute atomic E-state index is 0.214.